The van der Waals surface area contributed by atoms with E-state index in [1.165, 1.54) is 6.42 Å². The van der Waals surface area contributed by atoms with E-state index in [-0.39, 0.29) is 35.3 Å². The van der Waals surface area contributed by atoms with Crippen LogP contribution in [0.1, 0.15) is 65.2 Å². The van der Waals surface area contributed by atoms with Crippen molar-refractivity contribution in [2.45, 2.75) is 88.7 Å². The van der Waals surface area contributed by atoms with Crippen LogP contribution in [0.5, 0.6) is 0 Å². The lowest BCUT2D eigenvalue weighted by atomic mass is 9.82. The van der Waals surface area contributed by atoms with Gasteiger partial charge in [0, 0.05) is 30.8 Å². The summed E-state index contributed by atoms with van der Waals surface area (Å²) in [5.41, 5.74) is 0. The normalized spacial score (nSPS) is 38.1. The van der Waals surface area contributed by atoms with Gasteiger partial charge in [-0.1, -0.05) is 12.8 Å². The molecule has 2 amide bonds. The minimum Gasteiger partial charge on any atom is -0.335 e. The largest absolute Gasteiger partial charge is 0.335 e. The molecule has 1 heterocycles. The van der Waals surface area contributed by atoms with Crippen molar-refractivity contribution < 1.29 is 9.59 Å². The van der Waals surface area contributed by atoms with Gasteiger partial charge in [-0.2, -0.15) is 0 Å². The quantitative estimate of drug-likeness (QED) is 0.688. The summed E-state index contributed by atoms with van der Waals surface area (Å²) in [6, 6.07) is 0.573. The second-order valence-electron chi connectivity index (χ2n) is 7.63. The topological polar surface area (TPSA) is 40.6 Å². The molecule has 130 valence electrons. The predicted octanol–water partition coefficient (Wildman–Crippen LogP) is 3.17. The Hall–Kier alpha value is -0.770. The van der Waals surface area contributed by atoms with Gasteiger partial charge in [0.15, 0.2) is 0 Å². The third-order valence-corrected chi connectivity index (χ3v) is 6.48. The Balaban J connectivity index is 1.76. The number of alkyl halides is 1. The second-order valence-corrected chi connectivity index (χ2v) is 8.25. The summed E-state index contributed by atoms with van der Waals surface area (Å²) in [5, 5.41) is 0.245. The summed E-state index contributed by atoms with van der Waals surface area (Å²) in [5.74, 6) is 0.619. The maximum absolute atomic E-state index is 13.1. The van der Waals surface area contributed by atoms with Gasteiger partial charge in [0.05, 0.1) is 12.1 Å². The van der Waals surface area contributed by atoms with Gasteiger partial charge in [-0.25, -0.2) is 0 Å². The smallest absolute Gasteiger partial charge is 0.226 e. The van der Waals surface area contributed by atoms with E-state index in [4.69, 9.17) is 11.6 Å². The number of halogens is 1. The minimum absolute atomic E-state index is 0.125. The number of nitrogens with zero attached hydrogens (tertiary/aromatic N) is 2. The lowest BCUT2D eigenvalue weighted by molar-refractivity contribution is -0.156. The molecular weight excluding hydrogens is 312 g/mol. The van der Waals surface area contributed by atoms with Crippen LogP contribution < -0.4 is 0 Å². The molecule has 0 spiro atoms. The number of fused-ring (bicyclic) bond motifs is 1. The Morgan fingerprint density at radius 2 is 1.57 bits per heavy atom. The monoisotopic (exact) mass is 340 g/mol. The van der Waals surface area contributed by atoms with Crippen molar-refractivity contribution in [3.63, 3.8) is 0 Å². The molecule has 1 aliphatic heterocycles. The maximum atomic E-state index is 13.1. The third-order valence-electron chi connectivity index (χ3n) is 6.04. The second kappa shape index (κ2) is 7.00. The fourth-order valence-electron chi connectivity index (χ4n) is 4.95. The molecule has 3 atom stereocenters. The van der Waals surface area contributed by atoms with Crippen LogP contribution >= 0.6 is 11.6 Å². The summed E-state index contributed by atoms with van der Waals surface area (Å²) in [7, 11) is 0. The van der Waals surface area contributed by atoms with Crippen molar-refractivity contribution in [3.05, 3.63) is 0 Å². The average Bonchev–Trinajstić information content (AvgIpc) is 2.53. The van der Waals surface area contributed by atoms with E-state index < -0.39 is 0 Å². The number of hydrogen-bond donors (Lipinski definition) is 0. The number of piperazine rings is 1. The van der Waals surface area contributed by atoms with Crippen molar-refractivity contribution in [1.29, 1.82) is 0 Å². The number of carbonyl (C=O) groups is 2. The average molecular weight is 341 g/mol. The lowest BCUT2D eigenvalue weighted by Gasteiger charge is -2.53. The van der Waals surface area contributed by atoms with Crippen LogP contribution in [0.3, 0.4) is 0 Å². The van der Waals surface area contributed by atoms with Crippen LogP contribution in [0.2, 0.25) is 0 Å². The molecule has 2 aliphatic carbocycles. The Morgan fingerprint density at radius 3 is 2.17 bits per heavy atom. The Morgan fingerprint density at radius 1 is 0.957 bits per heavy atom. The van der Waals surface area contributed by atoms with Gasteiger partial charge in [-0.3, -0.25) is 9.59 Å². The summed E-state index contributed by atoms with van der Waals surface area (Å²) < 4.78 is 0. The van der Waals surface area contributed by atoms with E-state index in [2.05, 4.69) is 11.8 Å². The van der Waals surface area contributed by atoms with Gasteiger partial charge < -0.3 is 9.80 Å². The zero-order chi connectivity index (χ0) is 16.6. The Labute approximate surface area is 144 Å². The number of hydrogen-bond acceptors (Lipinski definition) is 2. The van der Waals surface area contributed by atoms with Crippen molar-refractivity contribution in [3.8, 4) is 0 Å². The minimum atomic E-state index is 0.125. The lowest BCUT2D eigenvalue weighted by Crippen LogP contribution is -2.66. The molecule has 3 aliphatic rings. The van der Waals surface area contributed by atoms with Gasteiger partial charge >= 0.3 is 0 Å². The Kier molecular flexibility index (Phi) is 5.19. The summed E-state index contributed by atoms with van der Waals surface area (Å²) in [4.78, 5) is 29.4. The third kappa shape index (κ3) is 3.38. The fourth-order valence-corrected chi connectivity index (χ4v) is 5.20. The first-order valence-electron chi connectivity index (χ1n) is 9.22. The van der Waals surface area contributed by atoms with Crippen LogP contribution in [0.15, 0.2) is 0 Å². The number of carbonyl (C=O) groups excluding carboxylic acids is 2. The highest BCUT2D eigenvalue weighted by Gasteiger charge is 2.45. The highest BCUT2D eigenvalue weighted by molar-refractivity contribution is 6.20. The molecule has 0 N–H and O–H groups in total. The highest BCUT2D eigenvalue weighted by Crippen LogP contribution is 2.36. The van der Waals surface area contributed by atoms with Crippen molar-refractivity contribution in [2.24, 2.45) is 5.92 Å². The maximum Gasteiger partial charge on any atom is 0.226 e. The molecule has 0 bridgehead atoms. The molecule has 0 radical (unpaired) electrons. The molecule has 3 fully saturated rings. The molecule has 0 aromatic rings. The molecule has 0 aromatic heterocycles. The van der Waals surface area contributed by atoms with E-state index in [1.807, 2.05) is 4.90 Å². The van der Waals surface area contributed by atoms with Crippen LogP contribution in [0.4, 0.5) is 0 Å². The summed E-state index contributed by atoms with van der Waals surface area (Å²) >= 11 is 6.19. The molecular formula is C18H29ClN2O2. The summed E-state index contributed by atoms with van der Waals surface area (Å²) in [6.07, 6.45) is 8.16. The summed E-state index contributed by atoms with van der Waals surface area (Å²) in [6.45, 7) is 4.45. The van der Waals surface area contributed by atoms with Crippen LogP contribution in [0.25, 0.3) is 0 Å². The van der Waals surface area contributed by atoms with Gasteiger partial charge in [0.2, 0.25) is 11.8 Å². The van der Waals surface area contributed by atoms with Crippen molar-refractivity contribution in [1.82, 2.24) is 9.80 Å². The van der Waals surface area contributed by atoms with Crippen LogP contribution in [-0.2, 0) is 9.59 Å². The molecule has 2 unspecified atom stereocenters. The zero-order valence-corrected chi connectivity index (χ0v) is 15.1. The van der Waals surface area contributed by atoms with Crippen molar-refractivity contribution in [2.75, 3.05) is 6.54 Å². The highest BCUT2D eigenvalue weighted by atomic mass is 35.5. The van der Waals surface area contributed by atoms with Gasteiger partial charge in [0.1, 0.15) is 0 Å². The molecule has 0 aromatic carbocycles. The number of rotatable bonds is 1. The molecule has 5 heteroatoms. The standard InChI is InChI=1S/C18H29ClN2O2/c1-12-11-20(18(23)14-7-9-15(19)10-8-14)16-5-3-4-6-17(16)21(12)13(2)22/h12,14-17H,3-11H2,1-2H3/t12-,14?,15?,16?,17?/m0/s1. The van der Waals surface area contributed by atoms with E-state index >= 15 is 0 Å². The molecule has 4 nitrogen and oxygen atoms in total. The van der Waals surface area contributed by atoms with Crippen LogP contribution in [0, 0.1) is 5.92 Å². The first-order valence-corrected chi connectivity index (χ1v) is 9.66. The predicted molar refractivity (Wildman–Crippen MR) is 91.3 cm³/mol. The SMILES string of the molecule is CC(=O)N1C2CCCCC2N(C(=O)C2CCC(Cl)CC2)C[C@@H]1C. The fraction of sp³-hybridized carbons (Fsp3) is 0.889. The molecule has 1 saturated heterocycles. The van der Waals surface area contributed by atoms with Gasteiger partial charge in [-0.05, 0) is 45.4 Å². The van der Waals surface area contributed by atoms with Crippen LogP contribution in [-0.4, -0.2) is 51.7 Å². The van der Waals surface area contributed by atoms with Crippen molar-refractivity contribution >= 4 is 23.4 Å². The van der Waals surface area contributed by atoms with E-state index in [1.54, 1.807) is 6.92 Å². The van der Waals surface area contributed by atoms with Gasteiger partial charge in [0.25, 0.3) is 0 Å². The molecule has 2 saturated carbocycles. The Bertz CT molecular complexity index is 462. The first kappa shape index (κ1) is 17.1. The molecule has 3 rings (SSSR count). The first-order chi connectivity index (χ1) is 11.0. The number of amides is 2. The van der Waals surface area contributed by atoms with E-state index in [0.717, 1.165) is 44.9 Å². The van der Waals surface area contributed by atoms with Gasteiger partial charge in [-0.15, -0.1) is 11.6 Å². The molecule has 23 heavy (non-hydrogen) atoms. The zero-order valence-electron chi connectivity index (χ0n) is 14.3. The van der Waals surface area contributed by atoms with E-state index in [9.17, 15) is 9.59 Å². The van der Waals surface area contributed by atoms with E-state index in [0.29, 0.717) is 12.5 Å².